The molecule has 1 aromatic heterocycles. The largest absolute Gasteiger partial charge is 0.444 e. The minimum Gasteiger partial charge on any atom is -0.444 e. The molecule has 2 N–H and O–H groups in total. The molecule has 0 unspecified atom stereocenters. The first-order valence-electron chi connectivity index (χ1n) is 11.0. The van der Waals surface area contributed by atoms with E-state index in [9.17, 15) is 14.4 Å². The lowest BCUT2D eigenvalue weighted by Crippen LogP contribution is -2.56. The van der Waals surface area contributed by atoms with Crippen molar-refractivity contribution in [3.05, 3.63) is 41.0 Å². The predicted molar refractivity (Wildman–Crippen MR) is 127 cm³/mol. The van der Waals surface area contributed by atoms with Crippen molar-refractivity contribution in [2.75, 3.05) is 14.1 Å². The SMILES string of the molecule is CN(C)C(=O)[C@H]1CC[C@H](NC(=O)c2cnc3cc(Cl)ccc3c2)[C@H](NC(=O)OC(C)(C)C)C1. The van der Waals surface area contributed by atoms with Crippen LogP contribution < -0.4 is 10.6 Å². The van der Waals surface area contributed by atoms with Gasteiger partial charge in [-0.2, -0.15) is 0 Å². The predicted octanol–water partition coefficient (Wildman–Crippen LogP) is 3.77. The Bertz CT molecular complexity index is 1050. The van der Waals surface area contributed by atoms with E-state index in [0.29, 0.717) is 35.4 Å². The molecular weight excluding hydrogens is 444 g/mol. The molecule has 0 saturated heterocycles. The number of hydrogen-bond acceptors (Lipinski definition) is 5. The number of benzene rings is 1. The molecule has 0 aliphatic heterocycles. The molecule has 0 bridgehead atoms. The molecule has 8 nitrogen and oxygen atoms in total. The van der Waals surface area contributed by atoms with Crippen LogP contribution in [0.3, 0.4) is 0 Å². The van der Waals surface area contributed by atoms with Gasteiger partial charge in [-0.3, -0.25) is 14.6 Å². The third-order valence-electron chi connectivity index (χ3n) is 5.57. The summed E-state index contributed by atoms with van der Waals surface area (Å²) in [5.74, 6) is -0.522. The van der Waals surface area contributed by atoms with Gasteiger partial charge in [0.15, 0.2) is 0 Å². The fourth-order valence-corrected chi connectivity index (χ4v) is 4.19. The summed E-state index contributed by atoms with van der Waals surface area (Å²) < 4.78 is 5.40. The second-order valence-corrected chi connectivity index (χ2v) is 10.1. The van der Waals surface area contributed by atoms with Crippen molar-refractivity contribution in [3.8, 4) is 0 Å². The van der Waals surface area contributed by atoms with Crippen LogP contribution in [0.1, 0.15) is 50.4 Å². The molecular formula is C24H31ClN4O4. The number of carbonyl (C=O) groups is 3. The lowest BCUT2D eigenvalue weighted by Gasteiger charge is -2.37. The van der Waals surface area contributed by atoms with Gasteiger partial charge in [0.1, 0.15) is 5.60 Å². The van der Waals surface area contributed by atoms with Crippen molar-refractivity contribution in [2.45, 2.75) is 57.7 Å². The maximum absolute atomic E-state index is 13.0. The maximum Gasteiger partial charge on any atom is 0.407 e. The summed E-state index contributed by atoms with van der Waals surface area (Å²) in [6.45, 7) is 5.35. The van der Waals surface area contributed by atoms with Gasteiger partial charge < -0.3 is 20.3 Å². The van der Waals surface area contributed by atoms with Crippen LogP contribution in [0.15, 0.2) is 30.5 Å². The van der Waals surface area contributed by atoms with E-state index in [1.807, 2.05) is 6.07 Å². The standard InChI is InChI=1S/C24H31ClN4O4/c1-24(2,3)33-23(32)28-20-11-15(22(31)29(4)5)7-9-18(20)27-21(30)16-10-14-6-8-17(25)12-19(14)26-13-16/h6,8,10,12-13,15,18,20H,7,9,11H2,1-5H3,(H,27,30)(H,28,32)/t15-,18-,20+/m0/s1. The third kappa shape index (κ3) is 6.57. The molecule has 1 aliphatic carbocycles. The average molecular weight is 475 g/mol. The first-order chi connectivity index (χ1) is 15.4. The number of hydrogen-bond donors (Lipinski definition) is 2. The lowest BCUT2D eigenvalue weighted by atomic mass is 9.81. The molecule has 1 aromatic carbocycles. The van der Waals surface area contributed by atoms with Crippen LogP contribution in [0.4, 0.5) is 4.79 Å². The first kappa shape index (κ1) is 24.8. The Kier molecular flexibility index (Phi) is 7.47. The molecule has 2 aromatic rings. The quantitative estimate of drug-likeness (QED) is 0.702. The van der Waals surface area contributed by atoms with Crippen LogP contribution in [-0.4, -0.2) is 59.6 Å². The molecule has 1 heterocycles. The van der Waals surface area contributed by atoms with E-state index in [4.69, 9.17) is 16.3 Å². The van der Waals surface area contributed by atoms with Crippen molar-refractivity contribution in [1.82, 2.24) is 20.5 Å². The monoisotopic (exact) mass is 474 g/mol. The van der Waals surface area contributed by atoms with E-state index >= 15 is 0 Å². The number of amides is 3. The fourth-order valence-electron chi connectivity index (χ4n) is 4.02. The Balaban J connectivity index is 1.76. The smallest absolute Gasteiger partial charge is 0.407 e. The Labute approximate surface area is 199 Å². The molecule has 178 valence electrons. The summed E-state index contributed by atoms with van der Waals surface area (Å²) in [6, 6.07) is 6.26. The molecule has 3 amide bonds. The second-order valence-electron chi connectivity index (χ2n) is 9.64. The summed E-state index contributed by atoms with van der Waals surface area (Å²) in [6.07, 6.45) is 2.51. The van der Waals surface area contributed by atoms with Crippen molar-refractivity contribution in [1.29, 1.82) is 0 Å². The van der Waals surface area contributed by atoms with Gasteiger partial charge in [0.2, 0.25) is 5.91 Å². The molecule has 1 aliphatic rings. The summed E-state index contributed by atoms with van der Waals surface area (Å²) >= 11 is 6.01. The van der Waals surface area contributed by atoms with Crippen LogP contribution in [0.2, 0.25) is 5.02 Å². The number of alkyl carbamates (subject to hydrolysis) is 1. The minimum absolute atomic E-state index is 0.00755. The molecule has 3 atom stereocenters. The Morgan fingerprint density at radius 3 is 2.48 bits per heavy atom. The van der Waals surface area contributed by atoms with Crippen molar-refractivity contribution < 1.29 is 19.1 Å². The zero-order valence-electron chi connectivity index (χ0n) is 19.6. The molecule has 0 radical (unpaired) electrons. The van der Waals surface area contributed by atoms with Crippen molar-refractivity contribution in [3.63, 3.8) is 0 Å². The zero-order chi connectivity index (χ0) is 24.3. The first-order valence-corrected chi connectivity index (χ1v) is 11.4. The number of halogens is 1. The van der Waals surface area contributed by atoms with E-state index < -0.39 is 17.7 Å². The highest BCUT2D eigenvalue weighted by atomic mass is 35.5. The van der Waals surface area contributed by atoms with Gasteiger partial charge in [0, 0.05) is 42.7 Å². The number of rotatable bonds is 4. The van der Waals surface area contributed by atoms with Gasteiger partial charge >= 0.3 is 6.09 Å². The molecule has 1 saturated carbocycles. The Morgan fingerprint density at radius 1 is 1.09 bits per heavy atom. The summed E-state index contributed by atoms with van der Waals surface area (Å²) in [4.78, 5) is 43.9. The number of nitrogens with zero attached hydrogens (tertiary/aromatic N) is 2. The van der Waals surface area contributed by atoms with Crippen LogP contribution >= 0.6 is 11.6 Å². The van der Waals surface area contributed by atoms with Crippen LogP contribution in [-0.2, 0) is 9.53 Å². The van der Waals surface area contributed by atoms with E-state index in [-0.39, 0.29) is 23.8 Å². The normalized spacial score (nSPS) is 20.7. The summed E-state index contributed by atoms with van der Waals surface area (Å²) in [7, 11) is 3.43. The van der Waals surface area contributed by atoms with Crippen molar-refractivity contribution in [2.24, 2.45) is 5.92 Å². The van der Waals surface area contributed by atoms with Gasteiger partial charge in [-0.05, 0) is 58.2 Å². The van der Waals surface area contributed by atoms with Gasteiger partial charge in [-0.1, -0.05) is 17.7 Å². The molecule has 0 spiro atoms. The van der Waals surface area contributed by atoms with Crippen LogP contribution in [0.5, 0.6) is 0 Å². The number of aromatic nitrogens is 1. The van der Waals surface area contributed by atoms with Crippen molar-refractivity contribution >= 4 is 40.4 Å². The van der Waals surface area contributed by atoms with E-state index in [1.165, 1.54) is 6.20 Å². The van der Waals surface area contributed by atoms with Gasteiger partial charge in [-0.25, -0.2) is 4.79 Å². The molecule has 33 heavy (non-hydrogen) atoms. The summed E-state index contributed by atoms with van der Waals surface area (Å²) in [5.41, 5.74) is 0.453. The second kappa shape index (κ2) is 9.95. The van der Waals surface area contributed by atoms with Crippen LogP contribution in [0.25, 0.3) is 10.9 Å². The fraction of sp³-hybridized carbons (Fsp3) is 0.500. The molecule has 3 rings (SSSR count). The Hall–Kier alpha value is -2.87. The van der Waals surface area contributed by atoms with E-state index in [2.05, 4.69) is 15.6 Å². The number of ether oxygens (including phenoxy) is 1. The molecule has 1 fully saturated rings. The minimum atomic E-state index is -0.657. The third-order valence-corrected chi connectivity index (χ3v) is 5.80. The van der Waals surface area contributed by atoms with E-state index in [1.54, 1.807) is 58.0 Å². The maximum atomic E-state index is 13.0. The van der Waals surface area contributed by atoms with Gasteiger partial charge in [0.05, 0.1) is 17.1 Å². The highest BCUT2D eigenvalue weighted by Gasteiger charge is 2.37. The number of fused-ring (bicyclic) bond motifs is 1. The van der Waals surface area contributed by atoms with Crippen LogP contribution in [0, 0.1) is 5.92 Å². The average Bonchev–Trinajstić information content (AvgIpc) is 2.72. The van der Waals surface area contributed by atoms with E-state index in [0.717, 1.165) is 5.39 Å². The topological polar surface area (TPSA) is 101 Å². The number of carbonyl (C=O) groups excluding carboxylic acids is 3. The number of pyridine rings is 1. The molecule has 9 heteroatoms. The zero-order valence-corrected chi connectivity index (χ0v) is 20.4. The number of nitrogens with one attached hydrogen (secondary N) is 2. The van der Waals surface area contributed by atoms with Gasteiger partial charge in [0.25, 0.3) is 5.91 Å². The highest BCUT2D eigenvalue weighted by Crippen LogP contribution is 2.27. The summed E-state index contributed by atoms with van der Waals surface area (Å²) in [5, 5.41) is 7.26. The Morgan fingerprint density at radius 2 is 1.82 bits per heavy atom. The highest BCUT2D eigenvalue weighted by molar-refractivity contribution is 6.31. The lowest BCUT2D eigenvalue weighted by molar-refractivity contribution is -0.134. The van der Waals surface area contributed by atoms with Gasteiger partial charge in [-0.15, -0.1) is 0 Å².